The molecule has 0 radical (unpaired) electrons. The van der Waals surface area contributed by atoms with Gasteiger partial charge in [0, 0.05) is 17.7 Å². The Morgan fingerprint density at radius 3 is 2.19 bits per heavy atom. The normalized spacial score (nSPS) is 16.8. The molecule has 1 aliphatic rings. The van der Waals surface area contributed by atoms with Gasteiger partial charge in [0.25, 0.3) is 11.5 Å². The average Bonchev–Trinajstić information content (AvgIpc) is 3.56. The Bertz CT molecular complexity index is 1840. The maximum atomic E-state index is 13.5. The molecule has 2 heterocycles. The lowest BCUT2D eigenvalue weighted by molar-refractivity contribution is -0.384. The van der Waals surface area contributed by atoms with Crippen LogP contribution < -0.4 is 4.90 Å². The third kappa shape index (κ3) is 5.10. The highest BCUT2D eigenvalue weighted by Gasteiger charge is 2.48. The van der Waals surface area contributed by atoms with Crippen molar-refractivity contribution in [3.05, 3.63) is 117 Å². The fourth-order valence-electron chi connectivity index (χ4n) is 4.62. The Hall–Kier alpha value is -4.68. The number of nitro groups is 1. The number of aryl methyl sites for hydroxylation is 1. The van der Waals surface area contributed by atoms with E-state index in [2.05, 4.69) is 4.98 Å². The van der Waals surface area contributed by atoms with E-state index in [9.17, 15) is 33.2 Å². The van der Waals surface area contributed by atoms with Crippen LogP contribution in [0.1, 0.15) is 48.1 Å². The van der Waals surface area contributed by atoms with Gasteiger partial charge in [0.05, 0.1) is 27.6 Å². The molecule has 10 nitrogen and oxygen atoms in total. The van der Waals surface area contributed by atoms with Crippen LogP contribution in [0.3, 0.4) is 0 Å². The third-order valence-corrected chi connectivity index (χ3v) is 10.2. The predicted molar refractivity (Wildman–Crippen MR) is 157 cm³/mol. The number of aliphatic hydroxyl groups excluding tert-OH is 1. The van der Waals surface area contributed by atoms with Crippen LogP contribution in [-0.4, -0.2) is 35.1 Å². The van der Waals surface area contributed by atoms with Crippen molar-refractivity contribution >= 4 is 49.4 Å². The summed E-state index contributed by atoms with van der Waals surface area (Å²) >= 11 is 0.682. The van der Waals surface area contributed by atoms with E-state index in [0.29, 0.717) is 22.5 Å². The summed E-state index contributed by atoms with van der Waals surface area (Å²) in [6.45, 7) is 5.94. The number of amides is 1. The van der Waals surface area contributed by atoms with Crippen LogP contribution in [-0.2, 0) is 19.4 Å². The average molecular weight is 604 g/mol. The molecule has 12 heteroatoms. The lowest BCUT2D eigenvalue weighted by Gasteiger charge is -2.23. The molecule has 1 aromatic heterocycles. The molecule has 1 fully saturated rings. The van der Waals surface area contributed by atoms with Crippen molar-refractivity contribution in [2.75, 3.05) is 4.90 Å². The largest absolute Gasteiger partial charge is 0.507 e. The number of hydrogen-bond acceptors (Lipinski definition) is 9. The van der Waals surface area contributed by atoms with Crippen LogP contribution in [0, 0.1) is 17.0 Å². The minimum absolute atomic E-state index is 0.0570. The number of Topliss-reactive ketones (excluding diaryl/α,β-unsaturated/α-hetero) is 1. The van der Waals surface area contributed by atoms with E-state index < -0.39 is 32.5 Å². The zero-order valence-corrected chi connectivity index (χ0v) is 24.3. The van der Waals surface area contributed by atoms with E-state index >= 15 is 0 Å². The maximum Gasteiger partial charge on any atom is 0.301 e. The number of benzene rings is 3. The third-order valence-electron chi connectivity index (χ3n) is 6.99. The topological polar surface area (TPSA) is 148 Å². The zero-order valence-electron chi connectivity index (χ0n) is 22.7. The molecule has 5 rings (SSSR count). The van der Waals surface area contributed by atoms with E-state index in [1.807, 2.05) is 32.9 Å². The molecule has 4 aromatic rings. The number of ketones is 1. The number of aliphatic hydroxyl groups is 1. The second-order valence-corrected chi connectivity index (χ2v) is 13.3. The molecule has 42 heavy (non-hydrogen) atoms. The van der Waals surface area contributed by atoms with Gasteiger partial charge in [0.15, 0.2) is 5.13 Å². The van der Waals surface area contributed by atoms with Crippen LogP contribution in [0.25, 0.3) is 5.76 Å². The second kappa shape index (κ2) is 11.0. The van der Waals surface area contributed by atoms with Crippen molar-refractivity contribution < 1.29 is 28.0 Å². The highest BCUT2D eigenvalue weighted by Crippen LogP contribution is 2.44. The van der Waals surface area contributed by atoms with Crippen molar-refractivity contribution in [3.8, 4) is 0 Å². The molecule has 0 spiro atoms. The standard InChI is InChI=1S/C30H25N3O7S2/c1-17(2)19-8-10-20(11-9-19)26-25(27(34)21-6-4-18(3)5-7-21)28(35)29(36)32(26)30-31-16-24(41-30)42(39,40)23-14-12-22(13-15-23)33(37)38/h4-17,26,34H,1-3H3/b27-25+. The summed E-state index contributed by atoms with van der Waals surface area (Å²) in [6.07, 6.45) is 1.08. The first-order chi connectivity index (χ1) is 19.9. The first-order valence-electron chi connectivity index (χ1n) is 12.8. The van der Waals surface area contributed by atoms with Crippen LogP contribution in [0.4, 0.5) is 10.8 Å². The fraction of sp³-hybridized carbons (Fsp3) is 0.167. The Morgan fingerprint density at radius 2 is 1.62 bits per heavy atom. The van der Waals surface area contributed by atoms with Gasteiger partial charge in [0.2, 0.25) is 9.84 Å². The summed E-state index contributed by atoms with van der Waals surface area (Å²) in [5, 5.41) is 22.2. The number of anilines is 1. The van der Waals surface area contributed by atoms with E-state index in [1.165, 1.54) is 0 Å². The van der Waals surface area contributed by atoms with Gasteiger partial charge in [-0.15, -0.1) is 0 Å². The molecule has 1 aliphatic heterocycles. The number of nitrogens with zero attached hydrogens (tertiary/aromatic N) is 3. The highest BCUT2D eigenvalue weighted by molar-refractivity contribution is 7.93. The minimum atomic E-state index is -4.15. The molecule has 0 bridgehead atoms. The highest BCUT2D eigenvalue weighted by atomic mass is 32.2. The summed E-state index contributed by atoms with van der Waals surface area (Å²) < 4.78 is 26.4. The number of thiazole rings is 1. The quantitative estimate of drug-likeness (QED) is 0.0897. The number of aromatic nitrogens is 1. The van der Waals surface area contributed by atoms with Gasteiger partial charge >= 0.3 is 5.91 Å². The molecular formula is C30H25N3O7S2. The van der Waals surface area contributed by atoms with Crippen LogP contribution in [0.2, 0.25) is 0 Å². The molecule has 0 aliphatic carbocycles. The lowest BCUT2D eigenvalue weighted by atomic mass is 9.93. The van der Waals surface area contributed by atoms with Crippen molar-refractivity contribution in [1.82, 2.24) is 4.98 Å². The van der Waals surface area contributed by atoms with E-state index in [0.717, 1.165) is 46.5 Å². The van der Waals surface area contributed by atoms with Gasteiger partial charge in [-0.25, -0.2) is 13.4 Å². The number of carbonyl (C=O) groups is 2. The molecule has 1 unspecified atom stereocenters. The molecule has 214 valence electrons. The summed E-state index contributed by atoms with van der Waals surface area (Å²) in [7, 11) is -4.15. The second-order valence-electron chi connectivity index (χ2n) is 10.1. The van der Waals surface area contributed by atoms with Crippen LogP contribution in [0.15, 0.2) is 93.7 Å². The molecule has 1 N–H and O–H groups in total. The summed E-state index contributed by atoms with van der Waals surface area (Å²) in [6, 6.07) is 17.5. The lowest BCUT2D eigenvalue weighted by Crippen LogP contribution is -2.29. The Morgan fingerprint density at radius 1 is 1.00 bits per heavy atom. The number of carbonyl (C=O) groups excluding carboxylic acids is 2. The number of rotatable bonds is 7. The van der Waals surface area contributed by atoms with Gasteiger partial charge in [-0.05, 0) is 36.1 Å². The summed E-state index contributed by atoms with van der Waals surface area (Å²) in [5.41, 5.74) is 2.44. The first-order valence-corrected chi connectivity index (χ1v) is 15.1. The Balaban J connectivity index is 1.62. The number of hydrogen-bond donors (Lipinski definition) is 1. The van der Waals surface area contributed by atoms with Crippen LogP contribution in [0.5, 0.6) is 0 Å². The van der Waals surface area contributed by atoms with Crippen molar-refractivity contribution in [2.24, 2.45) is 0 Å². The Labute approximate surface area is 245 Å². The summed E-state index contributed by atoms with van der Waals surface area (Å²) in [4.78, 5) is 42.4. The number of sulfone groups is 1. The number of non-ortho nitro benzene ring substituents is 1. The maximum absolute atomic E-state index is 13.5. The van der Waals surface area contributed by atoms with Gasteiger partial charge in [-0.1, -0.05) is 79.3 Å². The fourth-order valence-corrected chi connectivity index (χ4v) is 7.17. The predicted octanol–water partition coefficient (Wildman–Crippen LogP) is 5.94. The molecule has 1 amide bonds. The first kappa shape index (κ1) is 28.8. The van der Waals surface area contributed by atoms with Crippen molar-refractivity contribution in [1.29, 1.82) is 0 Å². The SMILES string of the molecule is Cc1ccc(/C(O)=C2\C(=O)C(=O)N(c3ncc(S(=O)(=O)c4ccc([N+](=O)[O-])cc4)s3)C2c2ccc(C(C)C)cc2)cc1. The van der Waals surface area contributed by atoms with E-state index in [4.69, 9.17) is 0 Å². The molecule has 1 saturated heterocycles. The number of nitro benzene ring substituents is 1. The van der Waals surface area contributed by atoms with Gasteiger partial charge in [0.1, 0.15) is 9.97 Å². The minimum Gasteiger partial charge on any atom is -0.507 e. The smallest absolute Gasteiger partial charge is 0.301 e. The van der Waals surface area contributed by atoms with E-state index in [1.54, 1.807) is 36.4 Å². The molecule has 3 aromatic carbocycles. The van der Waals surface area contributed by atoms with Gasteiger partial charge in [-0.3, -0.25) is 24.6 Å². The van der Waals surface area contributed by atoms with Gasteiger partial charge in [-0.2, -0.15) is 0 Å². The van der Waals surface area contributed by atoms with E-state index in [-0.39, 0.29) is 37.2 Å². The van der Waals surface area contributed by atoms with Crippen LogP contribution >= 0.6 is 11.3 Å². The molecular weight excluding hydrogens is 578 g/mol. The van der Waals surface area contributed by atoms with Gasteiger partial charge < -0.3 is 5.11 Å². The summed E-state index contributed by atoms with van der Waals surface area (Å²) in [5.74, 6) is -2.02. The monoisotopic (exact) mass is 603 g/mol. The zero-order chi connectivity index (χ0) is 30.3. The van der Waals surface area contributed by atoms with Crippen molar-refractivity contribution in [3.63, 3.8) is 0 Å². The molecule has 0 saturated carbocycles. The molecule has 1 atom stereocenters. The Kier molecular flexibility index (Phi) is 7.52. The van der Waals surface area contributed by atoms with Crippen molar-refractivity contribution in [2.45, 2.75) is 41.8 Å².